The van der Waals surface area contributed by atoms with Crippen LogP contribution in [0.2, 0.25) is 0 Å². The first kappa shape index (κ1) is 12.3. The van der Waals surface area contributed by atoms with E-state index >= 15 is 0 Å². The monoisotopic (exact) mass is 188 g/mol. The average Bonchev–Trinajstić information content (AvgIpc) is 2.10. The van der Waals surface area contributed by atoms with E-state index in [4.69, 9.17) is 0 Å². The van der Waals surface area contributed by atoms with Crippen LogP contribution >= 0.6 is 11.8 Å². The van der Waals surface area contributed by atoms with Crippen molar-refractivity contribution in [3.05, 3.63) is 0 Å². The Labute approximate surface area is 82.5 Å². The minimum atomic E-state index is 1.36. The van der Waals surface area contributed by atoms with Crippen molar-refractivity contribution in [1.82, 2.24) is 0 Å². The number of thioether (sulfide) groups is 1. The molecule has 0 nitrogen and oxygen atoms in total. The highest BCUT2D eigenvalue weighted by Gasteiger charge is 1.90. The van der Waals surface area contributed by atoms with Crippen molar-refractivity contribution >= 4 is 11.8 Å². The third-order valence-electron chi connectivity index (χ3n) is 2.20. The van der Waals surface area contributed by atoms with Crippen molar-refractivity contribution in [3.63, 3.8) is 0 Å². The van der Waals surface area contributed by atoms with Gasteiger partial charge in [0.15, 0.2) is 0 Å². The van der Waals surface area contributed by atoms with Gasteiger partial charge in [0.05, 0.1) is 0 Å². The maximum Gasteiger partial charge on any atom is -0.00703 e. The predicted octanol–water partition coefficient (Wildman–Crippen LogP) is 4.49. The second-order valence-electron chi connectivity index (χ2n) is 3.47. The minimum Gasteiger partial charge on any atom is -0.165 e. The summed E-state index contributed by atoms with van der Waals surface area (Å²) in [5, 5.41) is 0. The Kier molecular flexibility index (Phi) is 11.7. The summed E-state index contributed by atoms with van der Waals surface area (Å²) < 4.78 is 0. The lowest BCUT2D eigenvalue weighted by Crippen LogP contribution is -1.82. The quantitative estimate of drug-likeness (QED) is 0.480. The summed E-state index contributed by atoms with van der Waals surface area (Å²) in [6, 6.07) is 0. The van der Waals surface area contributed by atoms with Gasteiger partial charge in [0.25, 0.3) is 0 Å². The SMILES string of the molecule is CCCCCCCCCCSC. The maximum atomic E-state index is 2.28. The molecule has 74 valence electrons. The molecule has 0 saturated heterocycles. The Bertz CT molecular complexity index is 61.4. The van der Waals surface area contributed by atoms with Gasteiger partial charge in [-0.1, -0.05) is 51.9 Å². The molecule has 0 heterocycles. The largest absolute Gasteiger partial charge is 0.165 e. The predicted molar refractivity (Wildman–Crippen MR) is 61.0 cm³/mol. The van der Waals surface area contributed by atoms with Crippen LogP contribution < -0.4 is 0 Å². The molecule has 0 aliphatic heterocycles. The van der Waals surface area contributed by atoms with Crippen LogP contribution in [0.1, 0.15) is 58.3 Å². The van der Waals surface area contributed by atoms with E-state index in [2.05, 4.69) is 13.2 Å². The van der Waals surface area contributed by atoms with Crippen molar-refractivity contribution in [1.29, 1.82) is 0 Å². The van der Waals surface area contributed by atoms with E-state index in [1.807, 2.05) is 11.8 Å². The lowest BCUT2D eigenvalue weighted by molar-refractivity contribution is 0.586. The van der Waals surface area contributed by atoms with Gasteiger partial charge in [-0.3, -0.25) is 0 Å². The molecule has 0 unspecified atom stereocenters. The van der Waals surface area contributed by atoms with E-state index in [0.29, 0.717) is 0 Å². The smallest absolute Gasteiger partial charge is 0.00703 e. The van der Waals surface area contributed by atoms with Crippen molar-refractivity contribution < 1.29 is 0 Å². The van der Waals surface area contributed by atoms with Gasteiger partial charge in [0, 0.05) is 0 Å². The molecule has 0 aromatic heterocycles. The molecule has 0 spiro atoms. The molecule has 0 bridgehead atoms. The molecule has 0 aromatic rings. The van der Waals surface area contributed by atoms with Crippen molar-refractivity contribution in [2.24, 2.45) is 0 Å². The first-order chi connectivity index (χ1) is 5.91. The molecule has 0 atom stereocenters. The first-order valence-corrected chi connectivity index (χ1v) is 6.80. The van der Waals surface area contributed by atoms with E-state index < -0.39 is 0 Å². The first-order valence-electron chi connectivity index (χ1n) is 5.40. The van der Waals surface area contributed by atoms with E-state index in [1.165, 1.54) is 57.1 Å². The summed E-state index contributed by atoms with van der Waals surface area (Å²) in [4.78, 5) is 0. The van der Waals surface area contributed by atoms with Crippen molar-refractivity contribution in [2.45, 2.75) is 58.3 Å². The van der Waals surface area contributed by atoms with E-state index in [0.717, 1.165) is 0 Å². The van der Waals surface area contributed by atoms with Crippen LogP contribution in [0.3, 0.4) is 0 Å². The van der Waals surface area contributed by atoms with Crippen LogP contribution in [0.5, 0.6) is 0 Å². The summed E-state index contributed by atoms with van der Waals surface area (Å²) in [6.07, 6.45) is 13.7. The standard InChI is InChI=1S/C11H24S/c1-3-4-5-6-7-8-9-10-11-12-2/h3-11H2,1-2H3. The summed E-state index contributed by atoms with van der Waals surface area (Å²) in [7, 11) is 0. The van der Waals surface area contributed by atoms with E-state index in [-0.39, 0.29) is 0 Å². The van der Waals surface area contributed by atoms with Crippen molar-refractivity contribution in [3.8, 4) is 0 Å². The number of hydrogen-bond donors (Lipinski definition) is 0. The number of rotatable bonds is 9. The van der Waals surface area contributed by atoms with Crippen molar-refractivity contribution in [2.75, 3.05) is 12.0 Å². The zero-order valence-electron chi connectivity index (χ0n) is 8.77. The molecule has 0 amide bonds. The normalized spacial score (nSPS) is 10.5. The molecule has 0 aromatic carbocycles. The van der Waals surface area contributed by atoms with Gasteiger partial charge in [-0.15, -0.1) is 0 Å². The lowest BCUT2D eigenvalue weighted by atomic mass is 10.1. The van der Waals surface area contributed by atoms with Crippen LogP contribution in [0.4, 0.5) is 0 Å². The zero-order chi connectivity index (χ0) is 9.07. The summed E-state index contributed by atoms with van der Waals surface area (Å²) in [6.45, 7) is 2.28. The van der Waals surface area contributed by atoms with Gasteiger partial charge in [-0.25, -0.2) is 0 Å². The Hall–Kier alpha value is 0.350. The van der Waals surface area contributed by atoms with Crippen LogP contribution in [0.15, 0.2) is 0 Å². The Morgan fingerprint density at radius 3 is 1.75 bits per heavy atom. The lowest BCUT2D eigenvalue weighted by Gasteiger charge is -1.99. The summed E-state index contributed by atoms with van der Waals surface area (Å²) >= 11 is 1.97. The zero-order valence-corrected chi connectivity index (χ0v) is 9.59. The molecule has 0 rings (SSSR count). The molecule has 0 radical (unpaired) electrons. The third-order valence-corrected chi connectivity index (χ3v) is 2.90. The molecule has 0 saturated carbocycles. The summed E-state index contributed by atoms with van der Waals surface area (Å²) in [5.41, 5.74) is 0. The van der Waals surface area contributed by atoms with Crippen LogP contribution in [0.25, 0.3) is 0 Å². The molecular weight excluding hydrogens is 164 g/mol. The van der Waals surface area contributed by atoms with Crippen LogP contribution in [-0.2, 0) is 0 Å². The fourth-order valence-corrected chi connectivity index (χ4v) is 1.87. The molecule has 0 aliphatic rings. The van der Waals surface area contributed by atoms with Crippen LogP contribution in [-0.4, -0.2) is 12.0 Å². The van der Waals surface area contributed by atoms with E-state index in [1.54, 1.807) is 0 Å². The highest BCUT2D eigenvalue weighted by Crippen LogP contribution is 2.09. The molecule has 0 fully saturated rings. The molecular formula is C11H24S. The highest BCUT2D eigenvalue weighted by molar-refractivity contribution is 7.98. The van der Waals surface area contributed by atoms with Gasteiger partial charge in [-0.05, 0) is 18.4 Å². The number of unbranched alkanes of at least 4 members (excludes halogenated alkanes) is 7. The topological polar surface area (TPSA) is 0 Å². The maximum absolute atomic E-state index is 2.28. The minimum absolute atomic E-state index is 1.36. The highest BCUT2D eigenvalue weighted by atomic mass is 32.2. The van der Waals surface area contributed by atoms with Gasteiger partial charge < -0.3 is 0 Å². The Morgan fingerprint density at radius 2 is 1.25 bits per heavy atom. The Balaban J connectivity index is 2.73. The van der Waals surface area contributed by atoms with Gasteiger partial charge in [0.2, 0.25) is 0 Å². The third kappa shape index (κ3) is 10.3. The molecule has 12 heavy (non-hydrogen) atoms. The second-order valence-corrected chi connectivity index (χ2v) is 4.45. The van der Waals surface area contributed by atoms with Gasteiger partial charge in [0.1, 0.15) is 0 Å². The molecule has 1 heteroatoms. The molecule has 0 aliphatic carbocycles. The summed E-state index contributed by atoms with van der Waals surface area (Å²) in [5.74, 6) is 1.36. The fourth-order valence-electron chi connectivity index (χ4n) is 1.38. The van der Waals surface area contributed by atoms with Gasteiger partial charge >= 0.3 is 0 Å². The van der Waals surface area contributed by atoms with E-state index in [9.17, 15) is 0 Å². The average molecular weight is 188 g/mol. The molecule has 0 N–H and O–H groups in total. The number of hydrogen-bond acceptors (Lipinski definition) is 1. The second kappa shape index (κ2) is 11.4. The van der Waals surface area contributed by atoms with Gasteiger partial charge in [-0.2, -0.15) is 11.8 Å². The fraction of sp³-hybridized carbons (Fsp3) is 1.00. The van der Waals surface area contributed by atoms with Crippen LogP contribution in [0, 0.1) is 0 Å². The Morgan fingerprint density at radius 1 is 0.750 bits per heavy atom.